The molecular formula is C13H19NO. The minimum absolute atomic E-state index is 0.0916. The highest BCUT2D eigenvalue weighted by atomic mass is 16.5. The maximum Gasteiger partial charge on any atom is 0.119 e. The fraction of sp³-hybridized carbons (Fsp3) is 0.385. The van der Waals surface area contributed by atoms with E-state index in [1.807, 2.05) is 24.3 Å². The van der Waals surface area contributed by atoms with Gasteiger partial charge in [-0.05, 0) is 43.0 Å². The lowest BCUT2D eigenvalue weighted by Crippen LogP contribution is -2.11. The molecule has 0 aliphatic rings. The third-order valence-electron chi connectivity index (χ3n) is 2.56. The van der Waals surface area contributed by atoms with Crippen molar-refractivity contribution >= 4 is 0 Å². The molecule has 1 atom stereocenters. The molecule has 0 unspecified atom stereocenters. The van der Waals surface area contributed by atoms with Crippen LogP contribution in [0.2, 0.25) is 0 Å². The van der Waals surface area contributed by atoms with E-state index in [9.17, 15) is 0 Å². The number of rotatable bonds is 5. The van der Waals surface area contributed by atoms with Crippen LogP contribution in [0.25, 0.3) is 0 Å². The molecule has 0 spiro atoms. The van der Waals surface area contributed by atoms with Gasteiger partial charge in [0.1, 0.15) is 5.75 Å². The van der Waals surface area contributed by atoms with Gasteiger partial charge in [0.05, 0.1) is 7.11 Å². The second-order valence-corrected chi connectivity index (χ2v) is 3.70. The normalized spacial score (nSPS) is 12.2. The highest BCUT2D eigenvalue weighted by molar-refractivity contribution is 5.36. The molecule has 82 valence electrons. The Morgan fingerprint density at radius 3 is 2.80 bits per heavy atom. The Labute approximate surface area is 91.7 Å². The first-order chi connectivity index (χ1) is 7.19. The molecule has 1 rings (SSSR count). The molecule has 0 amide bonds. The molecule has 0 saturated carbocycles. The number of nitrogens with two attached hydrogens (primary N) is 1. The van der Waals surface area contributed by atoms with Gasteiger partial charge in [-0.25, -0.2) is 0 Å². The quantitative estimate of drug-likeness (QED) is 0.750. The van der Waals surface area contributed by atoms with Gasteiger partial charge in [0.25, 0.3) is 0 Å². The summed E-state index contributed by atoms with van der Waals surface area (Å²) in [4.78, 5) is 0. The lowest BCUT2D eigenvalue weighted by molar-refractivity contribution is 0.414. The van der Waals surface area contributed by atoms with Crippen molar-refractivity contribution < 1.29 is 4.74 Å². The van der Waals surface area contributed by atoms with E-state index < -0.39 is 0 Å². The summed E-state index contributed by atoms with van der Waals surface area (Å²) in [5.74, 6) is 0.882. The standard InChI is InChI=1S/C13H19NO/c1-4-5-6-13(14)12-8-7-11(15-3)9-10(12)2/h4,7-9,13H,1,5-6,14H2,2-3H3/t13-/m0/s1. The fourth-order valence-electron chi connectivity index (χ4n) is 1.64. The van der Waals surface area contributed by atoms with Crippen LogP contribution in [0.3, 0.4) is 0 Å². The van der Waals surface area contributed by atoms with Crippen molar-refractivity contribution in [2.45, 2.75) is 25.8 Å². The highest BCUT2D eigenvalue weighted by Crippen LogP contribution is 2.23. The average Bonchev–Trinajstić information content (AvgIpc) is 2.25. The zero-order valence-corrected chi connectivity index (χ0v) is 9.49. The monoisotopic (exact) mass is 205 g/mol. The first-order valence-electron chi connectivity index (χ1n) is 5.20. The van der Waals surface area contributed by atoms with Crippen LogP contribution in [0.15, 0.2) is 30.9 Å². The van der Waals surface area contributed by atoms with Crippen molar-refractivity contribution in [3.8, 4) is 5.75 Å². The summed E-state index contributed by atoms with van der Waals surface area (Å²) in [6.45, 7) is 5.76. The SMILES string of the molecule is C=CCC[C@H](N)c1ccc(OC)cc1C. The topological polar surface area (TPSA) is 35.2 Å². The molecule has 2 nitrogen and oxygen atoms in total. The molecule has 0 radical (unpaired) electrons. The molecule has 0 bridgehead atoms. The first kappa shape index (κ1) is 11.8. The lowest BCUT2D eigenvalue weighted by atomic mass is 9.98. The molecule has 0 aromatic heterocycles. The Hall–Kier alpha value is -1.28. The zero-order valence-electron chi connectivity index (χ0n) is 9.49. The summed E-state index contributed by atoms with van der Waals surface area (Å²) in [5, 5.41) is 0. The molecule has 2 heteroatoms. The van der Waals surface area contributed by atoms with Crippen LogP contribution in [-0.2, 0) is 0 Å². The van der Waals surface area contributed by atoms with Crippen LogP contribution in [0, 0.1) is 6.92 Å². The molecule has 0 aliphatic carbocycles. The van der Waals surface area contributed by atoms with Crippen molar-refractivity contribution in [2.75, 3.05) is 7.11 Å². The van der Waals surface area contributed by atoms with E-state index in [-0.39, 0.29) is 6.04 Å². The van der Waals surface area contributed by atoms with Crippen molar-refractivity contribution in [1.82, 2.24) is 0 Å². The average molecular weight is 205 g/mol. The van der Waals surface area contributed by atoms with Crippen LogP contribution in [0.4, 0.5) is 0 Å². The molecule has 1 aromatic rings. The molecular weight excluding hydrogens is 186 g/mol. The Bertz CT molecular complexity index is 333. The van der Waals surface area contributed by atoms with E-state index >= 15 is 0 Å². The minimum Gasteiger partial charge on any atom is -0.497 e. The molecule has 15 heavy (non-hydrogen) atoms. The molecule has 0 fully saturated rings. The van der Waals surface area contributed by atoms with Crippen LogP contribution < -0.4 is 10.5 Å². The summed E-state index contributed by atoms with van der Waals surface area (Å²) >= 11 is 0. The van der Waals surface area contributed by atoms with Gasteiger partial charge in [-0.2, -0.15) is 0 Å². The van der Waals surface area contributed by atoms with Gasteiger partial charge in [-0.1, -0.05) is 12.1 Å². The highest BCUT2D eigenvalue weighted by Gasteiger charge is 2.08. The van der Waals surface area contributed by atoms with Crippen molar-refractivity contribution in [3.05, 3.63) is 42.0 Å². The second-order valence-electron chi connectivity index (χ2n) is 3.70. The maximum atomic E-state index is 6.08. The van der Waals surface area contributed by atoms with Crippen LogP contribution >= 0.6 is 0 Å². The smallest absolute Gasteiger partial charge is 0.119 e. The number of benzene rings is 1. The third-order valence-corrected chi connectivity index (χ3v) is 2.56. The Kier molecular flexibility index (Phi) is 4.37. The Morgan fingerprint density at radius 1 is 1.53 bits per heavy atom. The van der Waals surface area contributed by atoms with Gasteiger partial charge in [0, 0.05) is 6.04 Å². The molecule has 0 aliphatic heterocycles. The van der Waals surface area contributed by atoms with Crippen molar-refractivity contribution in [1.29, 1.82) is 0 Å². The van der Waals surface area contributed by atoms with Gasteiger partial charge in [0.2, 0.25) is 0 Å². The summed E-state index contributed by atoms with van der Waals surface area (Å²) in [6, 6.07) is 6.11. The van der Waals surface area contributed by atoms with E-state index in [1.165, 1.54) is 11.1 Å². The zero-order chi connectivity index (χ0) is 11.3. The van der Waals surface area contributed by atoms with Crippen molar-refractivity contribution in [3.63, 3.8) is 0 Å². The maximum absolute atomic E-state index is 6.08. The predicted octanol–water partition coefficient (Wildman–Crippen LogP) is 2.97. The fourth-order valence-corrected chi connectivity index (χ4v) is 1.64. The van der Waals surface area contributed by atoms with Crippen LogP contribution in [0.5, 0.6) is 5.75 Å². The van der Waals surface area contributed by atoms with Gasteiger partial charge >= 0.3 is 0 Å². The van der Waals surface area contributed by atoms with Gasteiger partial charge in [-0.3, -0.25) is 0 Å². The number of methoxy groups -OCH3 is 1. The molecule has 2 N–H and O–H groups in total. The number of ether oxygens (including phenoxy) is 1. The molecule has 1 aromatic carbocycles. The lowest BCUT2D eigenvalue weighted by Gasteiger charge is -2.14. The Balaban J connectivity index is 2.80. The van der Waals surface area contributed by atoms with Gasteiger partial charge < -0.3 is 10.5 Å². The summed E-state index contributed by atoms with van der Waals surface area (Å²) < 4.78 is 5.15. The van der Waals surface area contributed by atoms with Gasteiger partial charge in [0.15, 0.2) is 0 Å². The van der Waals surface area contributed by atoms with E-state index in [0.717, 1.165) is 18.6 Å². The largest absolute Gasteiger partial charge is 0.497 e. The van der Waals surface area contributed by atoms with Crippen LogP contribution in [0.1, 0.15) is 30.0 Å². The minimum atomic E-state index is 0.0916. The van der Waals surface area contributed by atoms with E-state index in [2.05, 4.69) is 13.5 Å². The first-order valence-corrected chi connectivity index (χ1v) is 5.20. The third kappa shape index (κ3) is 3.10. The number of allylic oxidation sites excluding steroid dienone is 1. The van der Waals surface area contributed by atoms with E-state index in [0.29, 0.717) is 0 Å². The van der Waals surface area contributed by atoms with Gasteiger partial charge in [-0.15, -0.1) is 6.58 Å². The van der Waals surface area contributed by atoms with E-state index in [1.54, 1.807) is 7.11 Å². The summed E-state index contributed by atoms with van der Waals surface area (Å²) in [6.07, 6.45) is 3.79. The number of hydrogen-bond acceptors (Lipinski definition) is 2. The van der Waals surface area contributed by atoms with Crippen LogP contribution in [-0.4, -0.2) is 7.11 Å². The number of aryl methyl sites for hydroxylation is 1. The number of hydrogen-bond donors (Lipinski definition) is 1. The summed E-state index contributed by atoms with van der Waals surface area (Å²) in [7, 11) is 1.67. The molecule has 0 heterocycles. The van der Waals surface area contributed by atoms with Crippen molar-refractivity contribution in [2.24, 2.45) is 5.73 Å². The Morgan fingerprint density at radius 2 is 2.27 bits per heavy atom. The second kappa shape index (κ2) is 5.56. The molecule has 0 saturated heterocycles. The predicted molar refractivity (Wildman–Crippen MR) is 64.1 cm³/mol. The summed E-state index contributed by atoms with van der Waals surface area (Å²) in [5.41, 5.74) is 8.46. The van der Waals surface area contributed by atoms with E-state index in [4.69, 9.17) is 10.5 Å².